The maximum absolute atomic E-state index is 12.7. The fraction of sp³-hybridized carbons (Fsp3) is 0.591. The molecule has 156 valence electrons. The topological polar surface area (TPSA) is 81.8 Å². The first-order valence-electron chi connectivity index (χ1n) is 10.7. The van der Waals surface area contributed by atoms with E-state index in [1.807, 2.05) is 36.1 Å². The highest BCUT2D eigenvalue weighted by atomic mass is 16.2. The average Bonchev–Trinajstić information content (AvgIpc) is 3.55. The zero-order valence-corrected chi connectivity index (χ0v) is 17.0. The molecule has 2 N–H and O–H groups in total. The molecule has 1 saturated carbocycles. The van der Waals surface area contributed by atoms with Crippen molar-refractivity contribution in [2.45, 2.75) is 51.1 Å². The fourth-order valence-electron chi connectivity index (χ4n) is 4.18. The average molecular weight is 399 g/mol. The van der Waals surface area contributed by atoms with Crippen molar-refractivity contribution in [2.24, 2.45) is 5.92 Å². The second kappa shape index (κ2) is 8.53. The highest BCUT2D eigenvalue weighted by Crippen LogP contribution is 2.27. The van der Waals surface area contributed by atoms with E-state index in [1.165, 1.54) is 0 Å². The molecule has 7 heteroatoms. The molecule has 1 aliphatic carbocycles. The predicted molar refractivity (Wildman–Crippen MR) is 110 cm³/mol. The van der Waals surface area contributed by atoms with Gasteiger partial charge in [-0.1, -0.05) is 18.2 Å². The number of piperazine rings is 1. The van der Waals surface area contributed by atoms with Crippen molar-refractivity contribution >= 4 is 23.4 Å². The molecule has 2 unspecified atom stereocenters. The van der Waals surface area contributed by atoms with E-state index in [9.17, 15) is 14.4 Å². The van der Waals surface area contributed by atoms with Crippen molar-refractivity contribution in [3.63, 3.8) is 0 Å². The van der Waals surface area contributed by atoms with Crippen LogP contribution in [0.4, 0.5) is 5.69 Å². The Morgan fingerprint density at radius 3 is 2.62 bits per heavy atom. The number of nitrogens with zero attached hydrogens (tertiary/aromatic N) is 2. The summed E-state index contributed by atoms with van der Waals surface area (Å²) in [5.41, 5.74) is 2.02. The van der Waals surface area contributed by atoms with Gasteiger partial charge in [0.25, 0.3) is 0 Å². The molecule has 2 heterocycles. The van der Waals surface area contributed by atoms with Crippen molar-refractivity contribution in [1.29, 1.82) is 0 Å². The standard InChI is InChI=1S/C22H30N4O3/c1-15(21(28)23-18-7-8-18)25-10-12-26(13-11-25)20(27)9-6-17-14-16-4-2-3-5-19(16)24-22(17)29/h2-5,15,17-18H,6-14H2,1H3,(H,23,28)(H,24,29). The van der Waals surface area contributed by atoms with Gasteiger partial charge in [-0.15, -0.1) is 0 Å². The molecule has 3 amide bonds. The zero-order chi connectivity index (χ0) is 20.4. The quantitative estimate of drug-likeness (QED) is 0.759. The van der Waals surface area contributed by atoms with Gasteiger partial charge < -0.3 is 15.5 Å². The lowest BCUT2D eigenvalue weighted by Gasteiger charge is -2.37. The minimum absolute atomic E-state index is 0.0109. The highest BCUT2D eigenvalue weighted by molar-refractivity contribution is 5.96. The van der Waals surface area contributed by atoms with Crippen LogP contribution < -0.4 is 10.6 Å². The van der Waals surface area contributed by atoms with Crippen molar-refractivity contribution in [2.75, 3.05) is 31.5 Å². The minimum atomic E-state index is -0.154. The molecule has 2 fully saturated rings. The Balaban J connectivity index is 1.22. The van der Waals surface area contributed by atoms with Gasteiger partial charge in [-0.25, -0.2) is 0 Å². The number of nitrogens with one attached hydrogen (secondary N) is 2. The number of hydrogen-bond acceptors (Lipinski definition) is 4. The van der Waals surface area contributed by atoms with Crippen LogP contribution in [-0.2, 0) is 20.8 Å². The van der Waals surface area contributed by atoms with Crippen LogP contribution in [0.15, 0.2) is 24.3 Å². The summed E-state index contributed by atoms with van der Waals surface area (Å²) in [6.07, 6.45) is 3.82. The summed E-state index contributed by atoms with van der Waals surface area (Å²) in [7, 11) is 0. The molecule has 1 aromatic rings. The lowest BCUT2D eigenvalue weighted by Crippen LogP contribution is -2.55. The molecule has 0 radical (unpaired) electrons. The smallest absolute Gasteiger partial charge is 0.237 e. The third-order valence-electron chi connectivity index (χ3n) is 6.34. The number of anilines is 1. The summed E-state index contributed by atoms with van der Waals surface area (Å²) in [5, 5.41) is 6.01. The maximum Gasteiger partial charge on any atom is 0.237 e. The first kappa shape index (κ1) is 19.9. The van der Waals surface area contributed by atoms with E-state index in [-0.39, 0.29) is 29.7 Å². The fourth-order valence-corrected chi connectivity index (χ4v) is 4.18. The number of carbonyl (C=O) groups excluding carboxylic acids is 3. The Bertz CT molecular complexity index is 784. The van der Waals surface area contributed by atoms with E-state index in [0.29, 0.717) is 51.5 Å². The summed E-state index contributed by atoms with van der Waals surface area (Å²) >= 11 is 0. The van der Waals surface area contributed by atoms with Crippen molar-refractivity contribution in [1.82, 2.24) is 15.1 Å². The molecule has 2 aliphatic heterocycles. The van der Waals surface area contributed by atoms with Crippen LogP contribution in [0.2, 0.25) is 0 Å². The molecular weight excluding hydrogens is 368 g/mol. The summed E-state index contributed by atoms with van der Waals surface area (Å²) in [5.74, 6) is 0.0559. The molecule has 3 aliphatic rings. The van der Waals surface area contributed by atoms with Gasteiger partial charge in [0.1, 0.15) is 0 Å². The normalized spacial score (nSPS) is 23.1. The molecule has 0 aromatic heterocycles. The Morgan fingerprint density at radius 1 is 1.17 bits per heavy atom. The van der Waals surface area contributed by atoms with Gasteiger partial charge in [0.05, 0.1) is 6.04 Å². The lowest BCUT2D eigenvalue weighted by molar-refractivity contribution is -0.134. The Hall–Kier alpha value is -2.41. The summed E-state index contributed by atoms with van der Waals surface area (Å²) < 4.78 is 0. The molecule has 2 atom stereocenters. The summed E-state index contributed by atoms with van der Waals surface area (Å²) in [6.45, 7) is 4.64. The van der Waals surface area contributed by atoms with E-state index < -0.39 is 0 Å². The highest BCUT2D eigenvalue weighted by Gasteiger charge is 2.31. The van der Waals surface area contributed by atoms with Gasteiger partial charge in [0.15, 0.2) is 0 Å². The first-order chi connectivity index (χ1) is 14.0. The van der Waals surface area contributed by atoms with Crippen LogP contribution in [0.5, 0.6) is 0 Å². The number of rotatable bonds is 6. The van der Waals surface area contributed by atoms with Crippen LogP contribution in [0.3, 0.4) is 0 Å². The zero-order valence-electron chi connectivity index (χ0n) is 17.0. The van der Waals surface area contributed by atoms with Gasteiger partial charge in [-0.05, 0) is 44.2 Å². The molecule has 1 saturated heterocycles. The van der Waals surface area contributed by atoms with E-state index in [2.05, 4.69) is 15.5 Å². The van der Waals surface area contributed by atoms with E-state index >= 15 is 0 Å². The van der Waals surface area contributed by atoms with Crippen LogP contribution >= 0.6 is 0 Å². The second-order valence-corrected chi connectivity index (χ2v) is 8.46. The van der Waals surface area contributed by atoms with Crippen molar-refractivity contribution in [3.05, 3.63) is 29.8 Å². The van der Waals surface area contributed by atoms with E-state index in [1.54, 1.807) is 0 Å². The molecule has 29 heavy (non-hydrogen) atoms. The first-order valence-corrected chi connectivity index (χ1v) is 10.7. The van der Waals surface area contributed by atoms with Crippen molar-refractivity contribution in [3.8, 4) is 0 Å². The Morgan fingerprint density at radius 2 is 1.90 bits per heavy atom. The van der Waals surface area contributed by atoms with Gasteiger partial charge in [0.2, 0.25) is 17.7 Å². The minimum Gasteiger partial charge on any atom is -0.352 e. The molecule has 0 spiro atoms. The van der Waals surface area contributed by atoms with Gasteiger partial charge in [-0.3, -0.25) is 19.3 Å². The summed E-state index contributed by atoms with van der Waals surface area (Å²) in [4.78, 5) is 41.2. The Kier molecular flexibility index (Phi) is 5.85. The van der Waals surface area contributed by atoms with Crippen LogP contribution in [0.1, 0.15) is 38.2 Å². The van der Waals surface area contributed by atoms with Crippen LogP contribution in [0.25, 0.3) is 0 Å². The van der Waals surface area contributed by atoms with E-state index in [4.69, 9.17) is 0 Å². The number of carbonyl (C=O) groups is 3. The second-order valence-electron chi connectivity index (χ2n) is 8.46. The number of benzene rings is 1. The van der Waals surface area contributed by atoms with Gasteiger partial charge >= 0.3 is 0 Å². The monoisotopic (exact) mass is 398 g/mol. The maximum atomic E-state index is 12.7. The largest absolute Gasteiger partial charge is 0.352 e. The lowest BCUT2D eigenvalue weighted by atomic mass is 9.89. The predicted octanol–water partition coefficient (Wildman–Crippen LogP) is 1.39. The van der Waals surface area contributed by atoms with Gasteiger partial charge in [0, 0.05) is 50.2 Å². The molecule has 7 nitrogen and oxygen atoms in total. The number of amides is 3. The summed E-state index contributed by atoms with van der Waals surface area (Å²) in [6, 6.07) is 8.06. The third-order valence-corrected chi connectivity index (χ3v) is 6.34. The molecule has 1 aromatic carbocycles. The van der Waals surface area contributed by atoms with Crippen LogP contribution in [-0.4, -0.2) is 65.8 Å². The number of fused-ring (bicyclic) bond motifs is 1. The van der Waals surface area contributed by atoms with Gasteiger partial charge in [-0.2, -0.15) is 0 Å². The molecule has 0 bridgehead atoms. The number of para-hydroxylation sites is 1. The third kappa shape index (κ3) is 4.78. The van der Waals surface area contributed by atoms with E-state index in [0.717, 1.165) is 24.1 Å². The molecular formula is C22H30N4O3. The van der Waals surface area contributed by atoms with Crippen molar-refractivity contribution < 1.29 is 14.4 Å². The number of hydrogen-bond donors (Lipinski definition) is 2. The Labute approximate surface area is 171 Å². The SMILES string of the molecule is CC(C(=O)NC1CC1)N1CCN(C(=O)CCC2Cc3ccccc3NC2=O)CC1. The van der Waals surface area contributed by atoms with Crippen LogP contribution in [0, 0.1) is 5.92 Å². The molecule has 4 rings (SSSR count).